The molecule has 4 saturated heterocycles. The molecule has 4 aliphatic rings. The van der Waals surface area contributed by atoms with Crippen LogP contribution in [0.5, 0.6) is 6.01 Å². The number of nitrogen functional groups attached to an aromatic ring is 1. The number of nitrogens with one attached hydrogen (secondary N) is 1. The average Bonchev–Trinajstić information content (AvgIpc) is 3.73. The molecule has 2 aromatic heterocycles. The van der Waals surface area contributed by atoms with Crippen LogP contribution >= 0.6 is 22.9 Å². The van der Waals surface area contributed by atoms with Gasteiger partial charge in [-0.2, -0.15) is 23.1 Å². The third-order valence-electron chi connectivity index (χ3n) is 9.72. The Hall–Kier alpha value is -3.07. The molecule has 45 heavy (non-hydrogen) atoms. The van der Waals surface area contributed by atoms with E-state index in [1.54, 1.807) is 0 Å². The summed E-state index contributed by atoms with van der Waals surface area (Å²) in [5.41, 5.74) is 4.02. The summed E-state index contributed by atoms with van der Waals surface area (Å²) in [6, 6.07) is 3.63. The van der Waals surface area contributed by atoms with Crippen molar-refractivity contribution in [3.63, 3.8) is 0 Å². The molecule has 0 amide bonds. The minimum absolute atomic E-state index is 0.0122. The molecule has 15 heteroatoms. The van der Waals surface area contributed by atoms with E-state index in [0.717, 1.165) is 55.7 Å². The normalized spacial score (nSPS) is 26.8. The number of aromatic nitrogens is 3. The van der Waals surface area contributed by atoms with Crippen LogP contribution in [0.2, 0.25) is 5.02 Å². The molecule has 4 aromatic rings. The van der Waals surface area contributed by atoms with Crippen LogP contribution in [0.3, 0.4) is 0 Å². The lowest BCUT2D eigenvalue weighted by atomic mass is 9.95. The van der Waals surface area contributed by atoms with Gasteiger partial charge in [0.05, 0.1) is 31.9 Å². The number of hydrogen-bond donors (Lipinski definition) is 2. The Kier molecular flexibility index (Phi) is 6.83. The standard InChI is InChI=1S/C30H29ClF5N7OS/c31-22-21(17-4-5-20(33)25-24(17)39-27(37)45-25)19(30(34,35)36)8-18-23(22)40-28(41-26(18)42-11-15-2-3-16(12-42)38-15)44-13-29-6-1-7-43(29)10-14(32)9-29/h4-5,8,14-16,38H,1-3,6-7,9-13H2,(H2,37,39)/t14-,15?,16?,29+/m1/s1. The lowest BCUT2D eigenvalue weighted by Crippen LogP contribution is -2.51. The minimum Gasteiger partial charge on any atom is -0.461 e. The van der Waals surface area contributed by atoms with Crippen LogP contribution in [0.25, 0.3) is 32.2 Å². The number of halogens is 6. The molecule has 4 fully saturated rings. The molecule has 2 aromatic carbocycles. The second-order valence-corrected chi connectivity index (χ2v) is 14.0. The maximum absolute atomic E-state index is 14.9. The summed E-state index contributed by atoms with van der Waals surface area (Å²) in [7, 11) is 0. The number of piperazine rings is 1. The molecule has 0 saturated carbocycles. The van der Waals surface area contributed by atoms with Crippen LogP contribution in [0.4, 0.5) is 32.9 Å². The number of thiazole rings is 1. The molecule has 8 rings (SSSR count). The van der Waals surface area contributed by atoms with Crippen molar-refractivity contribution in [3.8, 4) is 17.1 Å². The summed E-state index contributed by atoms with van der Waals surface area (Å²) < 4.78 is 80.0. The van der Waals surface area contributed by atoms with E-state index in [9.17, 15) is 22.0 Å². The van der Waals surface area contributed by atoms with Gasteiger partial charge in [-0.25, -0.2) is 13.8 Å². The van der Waals surface area contributed by atoms with E-state index in [1.807, 2.05) is 4.90 Å². The molecule has 8 nitrogen and oxygen atoms in total. The zero-order chi connectivity index (χ0) is 31.2. The van der Waals surface area contributed by atoms with Crippen LogP contribution in [0, 0.1) is 5.82 Å². The van der Waals surface area contributed by atoms with E-state index in [0.29, 0.717) is 31.9 Å². The highest BCUT2D eigenvalue weighted by atomic mass is 35.5. The Labute approximate surface area is 263 Å². The maximum Gasteiger partial charge on any atom is 0.417 e. The molecule has 6 heterocycles. The molecule has 238 valence electrons. The van der Waals surface area contributed by atoms with Gasteiger partial charge in [-0.3, -0.25) is 4.90 Å². The third-order valence-corrected chi connectivity index (χ3v) is 11.0. The number of alkyl halides is 4. The average molecular weight is 666 g/mol. The van der Waals surface area contributed by atoms with E-state index in [1.165, 1.54) is 6.07 Å². The van der Waals surface area contributed by atoms with Gasteiger partial charge in [0, 0.05) is 54.7 Å². The molecule has 0 radical (unpaired) electrons. The number of anilines is 2. The van der Waals surface area contributed by atoms with Gasteiger partial charge in [-0.1, -0.05) is 22.9 Å². The van der Waals surface area contributed by atoms with Gasteiger partial charge in [-0.05, 0) is 50.4 Å². The first-order valence-corrected chi connectivity index (χ1v) is 16.2. The van der Waals surface area contributed by atoms with Crippen LogP contribution in [-0.4, -0.2) is 76.4 Å². The van der Waals surface area contributed by atoms with Gasteiger partial charge >= 0.3 is 12.2 Å². The predicted octanol–water partition coefficient (Wildman–Crippen LogP) is 6.20. The van der Waals surface area contributed by atoms with Crippen molar-refractivity contribution >= 4 is 55.0 Å². The second kappa shape index (κ2) is 10.5. The van der Waals surface area contributed by atoms with E-state index < -0.39 is 29.3 Å². The number of ether oxygens (including phenoxy) is 1. The molecular weight excluding hydrogens is 637 g/mol. The van der Waals surface area contributed by atoms with Gasteiger partial charge in [0.2, 0.25) is 0 Å². The monoisotopic (exact) mass is 665 g/mol. The van der Waals surface area contributed by atoms with Gasteiger partial charge in [0.1, 0.15) is 24.4 Å². The molecule has 4 aliphatic heterocycles. The Morgan fingerprint density at radius 1 is 1.11 bits per heavy atom. The first kappa shape index (κ1) is 29.3. The van der Waals surface area contributed by atoms with E-state index >= 15 is 0 Å². The molecule has 2 bridgehead atoms. The SMILES string of the molecule is Nc1nc2c(-c3c(C(F)(F)F)cc4c(N5CC6CCC(C5)N6)nc(OC[C@@]56CCCN5C[C@H](F)C6)nc4c3Cl)ccc(F)c2s1. The predicted molar refractivity (Wildman–Crippen MR) is 163 cm³/mol. The first-order valence-electron chi connectivity index (χ1n) is 15.0. The molecule has 3 N–H and O–H groups in total. The van der Waals surface area contributed by atoms with Crippen LogP contribution in [0.15, 0.2) is 18.2 Å². The largest absolute Gasteiger partial charge is 0.461 e. The highest BCUT2D eigenvalue weighted by molar-refractivity contribution is 7.22. The van der Waals surface area contributed by atoms with E-state index in [-0.39, 0.29) is 67.1 Å². The fourth-order valence-corrected chi connectivity index (χ4v) is 8.91. The Morgan fingerprint density at radius 3 is 2.64 bits per heavy atom. The Balaban J connectivity index is 1.32. The highest BCUT2D eigenvalue weighted by Gasteiger charge is 2.49. The fourth-order valence-electron chi connectivity index (χ4n) is 7.79. The molecule has 2 unspecified atom stereocenters. The van der Waals surface area contributed by atoms with Crippen molar-refractivity contribution in [2.75, 3.05) is 43.4 Å². The topological polar surface area (TPSA) is 92.4 Å². The highest BCUT2D eigenvalue weighted by Crippen LogP contribution is 2.49. The zero-order valence-electron chi connectivity index (χ0n) is 23.9. The Bertz CT molecular complexity index is 1830. The van der Waals surface area contributed by atoms with Gasteiger partial charge in [0.15, 0.2) is 5.13 Å². The summed E-state index contributed by atoms with van der Waals surface area (Å²) in [5, 5.41) is 3.40. The van der Waals surface area contributed by atoms with Gasteiger partial charge in [-0.15, -0.1) is 0 Å². The summed E-state index contributed by atoms with van der Waals surface area (Å²) in [6.07, 6.45) is -1.85. The van der Waals surface area contributed by atoms with Crippen LogP contribution in [-0.2, 0) is 6.18 Å². The van der Waals surface area contributed by atoms with Crippen molar-refractivity contribution in [3.05, 3.63) is 34.6 Å². The summed E-state index contributed by atoms with van der Waals surface area (Å²) >= 11 is 7.78. The smallest absolute Gasteiger partial charge is 0.417 e. The van der Waals surface area contributed by atoms with Gasteiger partial charge < -0.3 is 20.7 Å². The summed E-state index contributed by atoms with van der Waals surface area (Å²) in [6.45, 7) is 2.35. The quantitative estimate of drug-likeness (QED) is 0.244. The van der Waals surface area contributed by atoms with Crippen molar-refractivity contribution < 1.29 is 26.7 Å². The fraction of sp³-hybridized carbons (Fsp3) is 0.500. The second-order valence-electron chi connectivity index (χ2n) is 12.6. The minimum atomic E-state index is -4.83. The maximum atomic E-state index is 14.9. The molecule has 0 spiro atoms. The first-order chi connectivity index (χ1) is 21.5. The summed E-state index contributed by atoms with van der Waals surface area (Å²) in [5.74, 6) is -0.352. The van der Waals surface area contributed by atoms with E-state index in [2.05, 4.69) is 20.2 Å². The van der Waals surface area contributed by atoms with Crippen molar-refractivity contribution in [1.82, 2.24) is 25.2 Å². The lowest BCUT2D eigenvalue weighted by Gasteiger charge is -2.35. The number of nitrogens with zero attached hydrogens (tertiary/aromatic N) is 5. The van der Waals surface area contributed by atoms with Crippen molar-refractivity contribution in [2.24, 2.45) is 0 Å². The number of rotatable bonds is 5. The van der Waals surface area contributed by atoms with Crippen LogP contribution in [0.1, 0.15) is 37.7 Å². The van der Waals surface area contributed by atoms with Crippen LogP contribution < -0.4 is 20.7 Å². The molecule has 0 aliphatic carbocycles. The van der Waals surface area contributed by atoms with Crippen molar-refractivity contribution in [2.45, 2.75) is 62.1 Å². The molecule has 4 atom stereocenters. The van der Waals surface area contributed by atoms with Crippen molar-refractivity contribution in [1.29, 1.82) is 0 Å². The van der Waals surface area contributed by atoms with E-state index in [4.69, 9.17) is 27.1 Å². The number of hydrogen-bond acceptors (Lipinski definition) is 9. The number of nitrogens with two attached hydrogens (primary N) is 1. The number of fused-ring (bicyclic) bond motifs is 5. The lowest BCUT2D eigenvalue weighted by molar-refractivity contribution is -0.137. The Morgan fingerprint density at radius 2 is 1.89 bits per heavy atom. The van der Waals surface area contributed by atoms with Gasteiger partial charge in [0.25, 0.3) is 0 Å². The third kappa shape index (κ3) is 4.86. The zero-order valence-corrected chi connectivity index (χ0v) is 25.5. The summed E-state index contributed by atoms with van der Waals surface area (Å²) in [4.78, 5) is 17.5. The number of benzene rings is 2. The molecular formula is C30H29ClF5N7OS.